The number of fused-ring (bicyclic) bond motifs is 1. The third kappa shape index (κ3) is 4.83. The van der Waals surface area contributed by atoms with Crippen LogP contribution in [-0.2, 0) is 13.6 Å². The average molecular weight is 483 g/mol. The maximum atomic E-state index is 12.7. The molecule has 1 saturated heterocycles. The number of benzene rings is 1. The Morgan fingerprint density at radius 2 is 1.91 bits per heavy atom. The minimum absolute atomic E-state index is 0.199. The van der Waals surface area contributed by atoms with Gasteiger partial charge in [0.05, 0.1) is 28.9 Å². The smallest absolute Gasteiger partial charge is 0.328 e. The van der Waals surface area contributed by atoms with Crippen LogP contribution in [0.15, 0.2) is 33.9 Å². The molecule has 2 aromatic heterocycles. The molecule has 3 heterocycles. The van der Waals surface area contributed by atoms with Crippen molar-refractivity contribution in [3.05, 3.63) is 67.6 Å². The molecule has 1 atom stereocenters. The lowest BCUT2D eigenvalue weighted by Gasteiger charge is -2.36. The van der Waals surface area contributed by atoms with Crippen molar-refractivity contribution < 1.29 is 15.0 Å². The Morgan fingerprint density at radius 1 is 1.20 bits per heavy atom. The highest BCUT2D eigenvalue weighted by atomic mass is 16.3. The van der Waals surface area contributed by atoms with Crippen molar-refractivity contribution in [2.24, 2.45) is 7.05 Å². The summed E-state index contributed by atoms with van der Waals surface area (Å²) in [6.45, 7) is 4.96. The Morgan fingerprint density at radius 3 is 2.54 bits per heavy atom. The number of pyridine rings is 1. The van der Waals surface area contributed by atoms with Gasteiger partial charge in [0.25, 0.3) is 11.5 Å². The monoisotopic (exact) mass is 482 g/mol. The zero-order valence-electron chi connectivity index (χ0n) is 20.0. The van der Waals surface area contributed by atoms with E-state index in [1.807, 2.05) is 13.0 Å². The molecule has 0 aliphatic carbocycles. The van der Waals surface area contributed by atoms with E-state index in [0.29, 0.717) is 23.3 Å². The molecule has 1 aliphatic heterocycles. The predicted molar refractivity (Wildman–Crippen MR) is 132 cm³/mol. The fourth-order valence-electron chi connectivity index (χ4n) is 4.52. The molecule has 186 valence electrons. The van der Waals surface area contributed by atoms with Gasteiger partial charge in [0.2, 0.25) is 0 Å². The van der Waals surface area contributed by atoms with Crippen LogP contribution in [0.25, 0.3) is 10.9 Å². The molecular weight excluding hydrogens is 452 g/mol. The summed E-state index contributed by atoms with van der Waals surface area (Å²) in [5, 5.41) is 22.7. The van der Waals surface area contributed by atoms with E-state index in [2.05, 4.69) is 25.1 Å². The molecule has 1 aliphatic rings. The van der Waals surface area contributed by atoms with Crippen molar-refractivity contribution in [3.63, 3.8) is 0 Å². The zero-order valence-corrected chi connectivity index (χ0v) is 20.0. The Kier molecular flexibility index (Phi) is 7.01. The van der Waals surface area contributed by atoms with Crippen LogP contribution in [0.2, 0.25) is 0 Å². The van der Waals surface area contributed by atoms with Gasteiger partial charge in [-0.05, 0) is 36.2 Å². The SMILES string of the molecule is CNC(=O)c1ccc(N2CCN(Cc3cc(C(O)CO)c4c(=O)n(C)c(=O)[nH]c4c3)CC2)c(C)n1. The molecule has 1 unspecified atom stereocenters. The van der Waals surface area contributed by atoms with Crippen LogP contribution in [0.5, 0.6) is 0 Å². The van der Waals surface area contributed by atoms with Crippen LogP contribution in [0.1, 0.15) is 33.4 Å². The summed E-state index contributed by atoms with van der Waals surface area (Å²) in [6, 6.07) is 7.12. The van der Waals surface area contributed by atoms with Gasteiger partial charge < -0.3 is 25.4 Å². The number of carbonyl (C=O) groups excluding carboxylic acids is 1. The number of aliphatic hydroxyl groups excluding tert-OH is 2. The first-order valence-electron chi connectivity index (χ1n) is 11.4. The highest BCUT2D eigenvalue weighted by Crippen LogP contribution is 2.25. The van der Waals surface area contributed by atoms with E-state index in [9.17, 15) is 24.6 Å². The van der Waals surface area contributed by atoms with E-state index in [4.69, 9.17) is 0 Å². The van der Waals surface area contributed by atoms with E-state index in [1.54, 1.807) is 25.2 Å². The molecule has 1 fully saturated rings. The molecule has 0 spiro atoms. The lowest BCUT2D eigenvalue weighted by atomic mass is 10.0. The van der Waals surface area contributed by atoms with E-state index in [0.717, 1.165) is 47.7 Å². The molecule has 0 saturated carbocycles. The third-order valence-electron chi connectivity index (χ3n) is 6.46. The minimum Gasteiger partial charge on any atom is -0.393 e. The van der Waals surface area contributed by atoms with Crippen molar-refractivity contribution in [1.29, 1.82) is 0 Å². The van der Waals surface area contributed by atoms with Crippen LogP contribution in [0, 0.1) is 6.92 Å². The first-order chi connectivity index (χ1) is 16.7. The first-order valence-corrected chi connectivity index (χ1v) is 11.4. The van der Waals surface area contributed by atoms with Crippen molar-refractivity contribution in [1.82, 2.24) is 24.8 Å². The van der Waals surface area contributed by atoms with Crippen molar-refractivity contribution >= 4 is 22.5 Å². The maximum absolute atomic E-state index is 12.7. The van der Waals surface area contributed by atoms with Gasteiger partial charge in [-0.3, -0.25) is 19.1 Å². The van der Waals surface area contributed by atoms with E-state index >= 15 is 0 Å². The van der Waals surface area contributed by atoms with Crippen LogP contribution >= 0.6 is 0 Å². The molecule has 3 aromatic rings. The third-order valence-corrected chi connectivity index (χ3v) is 6.46. The second-order valence-corrected chi connectivity index (χ2v) is 8.74. The molecule has 4 N–H and O–H groups in total. The summed E-state index contributed by atoms with van der Waals surface area (Å²) in [6.07, 6.45) is -1.24. The van der Waals surface area contributed by atoms with Crippen molar-refractivity contribution in [2.45, 2.75) is 19.6 Å². The molecular formula is C24H30N6O5. The molecule has 0 radical (unpaired) electrons. The number of carbonyl (C=O) groups is 1. The summed E-state index contributed by atoms with van der Waals surface area (Å²) in [7, 11) is 2.94. The number of hydrogen-bond acceptors (Lipinski definition) is 8. The Balaban J connectivity index is 1.53. The van der Waals surface area contributed by atoms with E-state index in [1.165, 1.54) is 7.05 Å². The average Bonchev–Trinajstić information content (AvgIpc) is 2.86. The highest BCUT2D eigenvalue weighted by Gasteiger charge is 2.22. The number of aromatic nitrogens is 3. The summed E-state index contributed by atoms with van der Waals surface area (Å²) < 4.78 is 0.951. The Bertz CT molecular complexity index is 1370. The minimum atomic E-state index is -1.24. The summed E-state index contributed by atoms with van der Waals surface area (Å²) in [5.74, 6) is -0.218. The highest BCUT2D eigenvalue weighted by molar-refractivity contribution is 5.92. The van der Waals surface area contributed by atoms with Gasteiger partial charge in [-0.15, -0.1) is 0 Å². The van der Waals surface area contributed by atoms with Gasteiger partial charge in [-0.2, -0.15) is 0 Å². The molecule has 1 amide bonds. The number of rotatable bonds is 6. The molecule has 0 bridgehead atoms. The Hall–Kier alpha value is -3.54. The second-order valence-electron chi connectivity index (χ2n) is 8.74. The fourth-order valence-corrected chi connectivity index (χ4v) is 4.52. The Labute approximate surface area is 201 Å². The molecule has 1 aromatic carbocycles. The van der Waals surface area contributed by atoms with Gasteiger partial charge in [0.15, 0.2) is 0 Å². The lowest BCUT2D eigenvalue weighted by molar-refractivity contribution is 0.0958. The van der Waals surface area contributed by atoms with Gasteiger partial charge in [-0.25, -0.2) is 9.78 Å². The van der Waals surface area contributed by atoms with Gasteiger partial charge >= 0.3 is 5.69 Å². The second kappa shape index (κ2) is 9.98. The van der Waals surface area contributed by atoms with Crippen LogP contribution < -0.4 is 21.5 Å². The quantitative estimate of drug-likeness (QED) is 0.373. The van der Waals surface area contributed by atoms with Gasteiger partial charge in [0, 0.05) is 46.8 Å². The zero-order chi connectivity index (χ0) is 25.3. The molecule has 4 rings (SSSR count). The number of aryl methyl sites for hydroxylation is 1. The lowest BCUT2D eigenvalue weighted by Crippen LogP contribution is -2.46. The summed E-state index contributed by atoms with van der Waals surface area (Å²) in [4.78, 5) is 48.2. The standard InChI is InChI=1S/C24H30N6O5/c1-14-19(5-4-17(26-14)22(33)25-2)30-8-6-29(7-9-30)12-15-10-16(20(32)13-31)21-18(11-15)27-24(35)28(3)23(21)34/h4-5,10-11,20,31-32H,6-9,12-13H2,1-3H3,(H,25,33)(H,27,35). The van der Waals surface area contributed by atoms with E-state index < -0.39 is 24.0 Å². The number of amides is 1. The first kappa shape index (κ1) is 24.6. The number of anilines is 1. The number of nitrogens with one attached hydrogen (secondary N) is 2. The number of aromatic amines is 1. The predicted octanol–water partition coefficient (Wildman–Crippen LogP) is -0.362. The van der Waals surface area contributed by atoms with E-state index in [-0.39, 0.29) is 11.3 Å². The molecule has 11 nitrogen and oxygen atoms in total. The van der Waals surface area contributed by atoms with Crippen LogP contribution in [-0.4, -0.2) is 75.4 Å². The normalized spacial score (nSPS) is 15.4. The number of H-pyrrole nitrogens is 1. The maximum Gasteiger partial charge on any atom is 0.328 e. The van der Waals surface area contributed by atoms with Crippen LogP contribution in [0.4, 0.5) is 5.69 Å². The fraction of sp³-hybridized carbons (Fsp3) is 0.417. The number of hydrogen-bond donors (Lipinski definition) is 4. The summed E-state index contributed by atoms with van der Waals surface area (Å²) >= 11 is 0. The van der Waals surface area contributed by atoms with Crippen LogP contribution in [0.3, 0.4) is 0 Å². The number of piperazine rings is 1. The van der Waals surface area contributed by atoms with Crippen molar-refractivity contribution in [2.75, 3.05) is 44.7 Å². The topological polar surface area (TPSA) is 144 Å². The number of nitrogens with zero attached hydrogens (tertiary/aromatic N) is 4. The molecule has 11 heteroatoms. The van der Waals surface area contributed by atoms with Gasteiger partial charge in [0.1, 0.15) is 11.8 Å². The number of aliphatic hydroxyl groups is 2. The largest absolute Gasteiger partial charge is 0.393 e. The van der Waals surface area contributed by atoms with Gasteiger partial charge in [-0.1, -0.05) is 6.07 Å². The van der Waals surface area contributed by atoms with Crippen molar-refractivity contribution in [3.8, 4) is 0 Å². The summed E-state index contributed by atoms with van der Waals surface area (Å²) in [5.41, 5.74) is 2.58. The molecule has 35 heavy (non-hydrogen) atoms.